The zero-order valence-electron chi connectivity index (χ0n) is 23.6. The standard InChI is InChI=1S/C30H31N5O3S.CH4S.H2/c1-20-7-8-21(15-27(20)39(2,37)38)29(36)32-18-23-16-26-22(17-31-23)9-10-25(33-26)24-5-3-6-28(34-24)35-14-4-11-30(19-35)12-13-30;1-2;/h3,5-10,15-17H,4,11-14,18-19H2,1-2H3,(H,32,36);2H,1H3;1H. The number of sulfone groups is 1. The van der Waals surface area contributed by atoms with Gasteiger partial charge in [-0.05, 0) is 92.3 Å². The molecule has 1 aromatic carbocycles. The van der Waals surface area contributed by atoms with E-state index >= 15 is 0 Å². The minimum atomic E-state index is -3.43. The second-order valence-corrected chi connectivity index (χ2v) is 12.9. The fourth-order valence-corrected chi connectivity index (χ4v) is 6.44. The van der Waals surface area contributed by atoms with Gasteiger partial charge in [-0.25, -0.2) is 18.4 Å². The number of hydrogen-bond donors (Lipinski definition) is 2. The van der Waals surface area contributed by atoms with Gasteiger partial charge in [-0.15, -0.1) is 0 Å². The quantitative estimate of drug-likeness (QED) is 0.285. The molecule has 216 valence electrons. The minimum absolute atomic E-state index is 0. The van der Waals surface area contributed by atoms with Crippen molar-refractivity contribution >= 4 is 45.1 Å². The Morgan fingerprint density at radius 2 is 1.83 bits per heavy atom. The Hall–Kier alpha value is -3.50. The van der Waals surface area contributed by atoms with Crippen molar-refractivity contribution in [3.63, 3.8) is 0 Å². The van der Waals surface area contributed by atoms with Crippen LogP contribution in [0.1, 0.15) is 48.7 Å². The van der Waals surface area contributed by atoms with E-state index in [-0.39, 0.29) is 24.3 Å². The van der Waals surface area contributed by atoms with Gasteiger partial charge < -0.3 is 10.2 Å². The minimum Gasteiger partial charge on any atom is -0.356 e. The van der Waals surface area contributed by atoms with Crippen molar-refractivity contribution in [2.75, 3.05) is 30.5 Å². The van der Waals surface area contributed by atoms with Crippen LogP contribution in [0.3, 0.4) is 0 Å². The monoisotopic (exact) mass is 591 g/mol. The summed E-state index contributed by atoms with van der Waals surface area (Å²) < 4.78 is 24.1. The lowest BCUT2D eigenvalue weighted by Crippen LogP contribution is -2.36. The number of anilines is 1. The van der Waals surface area contributed by atoms with Crippen molar-refractivity contribution in [2.45, 2.75) is 44.0 Å². The maximum Gasteiger partial charge on any atom is 0.251 e. The summed E-state index contributed by atoms with van der Waals surface area (Å²) in [7, 11) is -3.43. The fraction of sp³-hybridized carbons (Fsp3) is 0.355. The fourth-order valence-electron chi connectivity index (χ4n) is 5.44. The van der Waals surface area contributed by atoms with Gasteiger partial charge in [0, 0.05) is 37.9 Å². The van der Waals surface area contributed by atoms with Gasteiger partial charge in [-0.2, -0.15) is 12.6 Å². The number of benzene rings is 1. The van der Waals surface area contributed by atoms with Crippen molar-refractivity contribution in [2.24, 2.45) is 5.41 Å². The summed E-state index contributed by atoms with van der Waals surface area (Å²) in [6.45, 7) is 4.03. The van der Waals surface area contributed by atoms with Gasteiger partial charge in [-0.3, -0.25) is 9.78 Å². The van der Waals surface area contributed by atoms with E-state index in [0.717, 1.165) is 47.5 Å². The first-order valence-electron chi connectivity index (χ1n) is 13.7. The van der Waals surface area contributed by atoms with E-state index in [9.17, 15) is 13.2 Å². The van der Waals surface area contributed by atoms with Crippen LogP contribution in [-0.4, -0.2) is 54.9 Å². The predicted molar refractivity (Wildman–Crippen MR) is 168 cm³/mol. The number of fused-ring (bicyclic) bond motifs is 1. The maximum absolute atomic E-state index is 12.8. The number of hydrogen-bond acceptors (Lipinski definition) is 8. The van der Waals surface area contributed by atoms with Gasteiger partial charge in [0.15, 0.2) is 9.84 Å². The molecular weight excluding hydrogens is 555 g/mol. The van der Waals surface area contributed by atoms with Crippen molar-refractivity contribution in [1.29, 1.82) is 0 Å². The molecule has 1 saturated carbocycles. The highest BCUT2D eigenvalue weighted by atomic mass is 32.2. The summed E-state index contributed by atoms with van der Waals surface area (Å²) in [4.78, 5) is 29.6. The third-order valence-corrected chi connectivity index (χ3v) is 9.09. The third-order valence-electron chi connectivity index (χ3n) is 7.85. The number of piperidine rings is 1. The molecule has 2 aliphatic rings. The molecule has 1 N–H and O–H groups in total. The van der Waals surface area contributed by atoms with E-state index in [1.807, 2.05) is 30.3 Å². The zero-order valence-corrected chi connectivity index (χ0v) is 25.3. The number of pyridine rings is 3. The summed E-state index contributed by atoms with van der Waals surface area (Å²) in [5.74, 6) is 0.642. The smallest absolute Gasteiger partial charge is 0.251 e. The van der Waals surface area contributed by atoms with Gasteiger partial charge in [0.2, 0.25) is 0 Å². The number of aryl methyl sites for hydroxylation is 1. The van der Waals surface area contributed by atoms with Crippen molar-refractivity contribution in [3.05, 3.63) is 77.6 Å². The molecule has 0 unspecified atom stereocenters. The molecule has 41 heavy (non-hydrogen) atoms. The molecule has 3 aromatic heterocycles. The Kier molecular flexibility index (Phi) is 8.33. The number of carbonyl (C=O) groups is 1. The Balaban J connectivity index is 0.00000132. The lowest BCUT2D eigenvalue weighted by molar-refractivity contribution is 0.0950. The first kappa shape index (κ1) is 29.0. The Labute approximate surface area is 248 Å². The molecule has 1 aliphatic carbocycles. The predicted octanol–water partition coefficient (Wildman–Crippen LogP) is 5.51. The van der Waals surface area contributed by atoms with Crippen LogP contribution in [0.5, 0.6) is 0 Å². The molecular formula is C31H37N5O3S2. The number of nitrogens with zero attached hydrogens (tertiary/aromatic N) is 4. The van der Waals surface area contributed by atoms with E-state index < -0.39 is 9.84 Å². The number of nitrogens with one attached hydrogen (secondary N) is 1. The van der Waals surface area contributed by atoms with Crippen LogP contribution in [0.2, 0.25) is 0 Å². The summed E-state index contributed by atoms with van der Waals surface area (Å²) in [5, 5.41) is 3.73. The molecule has 1 aliphatic heterocycles. The molecule has 6 rings (SSSR count). The van der Waals surface area contributed by atoms with Crippen molar-refractivity contribution in [3.8, 4) is 11.4 Å². The summed E-state index contributed by atoms with van der Waals surface area (Å²) in [6.07, 6.45) is 9.79. The van der Waals surface area contributed by atoms with Crippen LogP contribution in [-0.2, 0) is 16.4 Å². The van der Waals surface area contributed by atoms with Gasteiger partial charge in [0.05, 0.1) is 34.0 Å². The van der Waals surface area contributed by atoms with Crippen molar-refractivity contribution < 1.29 is 14.6 Å². The number of aromatic nitrogens is 3. The lowest BCUT2D eigenvalue weighted by Gasteiger charge is -2.34. The van der Waals surface area contributed by atoms with E-state index in [2.05, 4.69) is 33.9 Å². The van der Waals surface area contributed by atoms with E-state index in [1.54, 1.807) is 31.5 Å². The van der Waals surface area contributed by atoms with Gasteiger partial charge >= 0.3 is 0 Å². The number of rotatable bonds is 6. The van der Waals surface area contributed by atoms with Crippen molar-refractivity contribution in [1.82, 2.24) is 20.3 Å². The highest BCUT2D eigenvalue weighted by Crippen LogP contribution is 2.52. The summed E-state index contributed by atoms with van der Waals surface area (Å²) in [5.41, 5.74) is 4.45. The molecule has 8 nitrogen and oxygen atoms in total. The Morgan fingerprint density at radius 3 is 2.59 bits per heavy atom. The highest BCUT2D eigenvalue weighted by Gasteiger charge is 2.45. The number of thiol groups is 1. The first-order chi connectivity index (χ1) is 19.7. The molecule has 1 amide bonds. The molecule has 0 atom stereocenters. The third kappa shape index (κ3) is 6.54. The van der Waals surface area contributed by atoms with E-state index in [1.165, 1.54) is 31.7 Å². The van der Waals surface area contributed by atoms with Crippen LogP contribution in [0.4, 0.5) is 5.82 Å². The topological polar surface area (TPSA) is 105 Å². The highest BCUT2D eigenvalue weighted by molar-refractivity contribution is 7.90. The van der Waals surface area contributed by atoms with Gasteiger partial charge in [-0.1, -0.05) is 12.1 Å². The summed E-state index contributed by atoms with van der Waals surface area (Å²) in [6, 6.07) is 16.6. The van der Waals surface area contributed by atoms with Crippen LogP contribution >= 0.6 is 12.6 Å². The Morgan fingerprint density at radius 1 is 1.05 bits per heavy atom. The largest absolute Gasteiger partial charge is 0.356 e. The number of amides is 1. The lowest BCUT2D eigenvalue weighted by atomic mass is 9.95. The molecule has 0 radical (unpaired) electrons. The van der Waals surface area contributed by atoms with E-state index in [0.29, 0.717) is 16.7 Å². The second-order valence-electron chi connectivity index (χ2n) is 10.9. The van der Waals surface area contributed by atoms with Crippen LogP contribution in [0.15, 0.2) is 65.7 Å². The van der Waals surface area contributed by atoms with Gasteiger partial charge in [0.1, 0.15) is 5.82 Å². The molecule has 0 bridgehead atoms. The summed E-state index contributed by atoms with van der Waals surface area (Å²) >= 11 is 3.53. The maximum atomic E-state index is 12.8. The molecule has 1 saturated heterocycles. The van der Waals surface area contributed by atoms with Gasteiger partial charge in [0.25, 0.3) is 5.91 Å². The molecule has 2 fully saturated rings. The SMILES string of the molecule is CS.Cc1ccc(C(=O)NCc2cc3nc(-c4cccc(N5CCCC6(CC6)C5)n4)ccc3cn2)cc1S(C)(=O)=O.[HH]. The van der Waals surface area contributed by atoms with Crippen LogP contribution < -0.4 is 10.2 Å². The molecule has 4 aromatic rings. The molecule has 10 heteroatoms. The van der Waals surface area contributed by atoms with Crippen LogP contribution in [0.25, 0.3) is 22.3 Å². The normalized spacial score (nSPS) is 15.8. The number of carbonyl (C=O) groups excluding carboxylic acids is 1. The molecule has 1 spiro atoms. The average molecular weight is 592 g/mol. The van der Waals surface area contributed by atoms with E-state index in [4.69, 9.17) is 9.97 Å². The second kappa shape index (κ2) is 11.8. The zero-order chi connectivity index (χ0) is 29.2. The Bertz CT molecular complexity index is 1710. The first-order valence-corrected chi connectivity index (χ1v) is 16.5. The van der Waals surface area contributed by atoms with Crippen LogP contribution in [0, 0.1) is 12.3 Å². The molecule has 4 heterocycles. The average Bonchev–Trinajstić information content (AvgIpc) is 3.73.